The van der Waals surface area contributed by atoms with Crippen LogP contribution >= 0.6 is 52.1 Å². The highest BCUT2D eigenvalue weighted by molar-refractivity contribution is 9.10. The molecule has 0 aromatic heterocycles. The summed E-state index contributed by atoms with van der Waals surface area (Å²) in [5.41, 5.74) is 3.29. The Labute approximate surface area is 200 Å². The third kappa shape index (κ3) is 5.34. The first-order valence-electron chi connectivity index (χ1n) is 8.45. The second kappa shape index (κ2) is 9.64. The van der Waals surface area contributed by atoms with E-state index in [0.717, 1.165) is 16.8 Å². The number of anilines is 1. The Morgan fingerprint density at radius 2 is 1.94 bits per heavy atom. The Morgan fingerprint density at radius 1 is 1.26 bits per heavy atom. The summed E-state index contributed by atoms with van der Waals surface area (Å²) in [6.07, 6.45) is 1.46. The zero-order chi connectivity index (χ0) is 22.7. The lowest BCUT2D eigenvalue weighted by molar-refractivity contribution is -0.123. The van der Waals surface area contributed by atoms with Gasteiger partial charge in [0, 0.05) is 15.7 Å². The van der Waals surface area contributed by atoms with Gasteiger partial charge in [0.1, 0.15) is 5.75 Å². The molecule has 0 bridgehead atoms. The number of aromatic hydroxyl groups is 2. The van der Waals surface area contributed by atoms with Crippen LogP contribution in [0.1, 0.15) is 5.56 Å². The average Bonchev–Trinajstić information content (AvgIpc) is 2.99. The van der Waals surface area contributed by atoms with Crippen LogP contribution in [-0.2, 0) is 9.59 Å². The van der Waals surface area contributed by atoms with Gasteiger partial charge in [0.2, 0.25) is 0 Å². The van der Waals surface area contributed by atoms with Gasteiger partial charge in [-0.3, -0.25) is 15.0 Å². The summed E-state index contributed by atoms with van der Waals surface area (Å²) >= 11 is 14.6. The van der Waals surface area contributed by atoms with Crippen LogP contribution in [0.25, 0.3) is 6.08 Å². The number of carbonyl (C=O) groups is 2. The molecule has 0 saturated carbocycles. The van der Waals surface area contributed by atoms with Crippen LogP contribution in [0.2, 0.25) is 0 Å². The fraction of sp³-hybridized carbons (Fsp3) is 0.0526. The third-order valence-corrected chi connectivity index (χ3v) is 5.95. The van der Waals surface area contributed by atoms with Crippen molar-refractivity contribution in [3.63, 3.8) is 0 Å². The van der Waals surface area contributed by atoms with Gasteiger partial charge in [0.25, 0.3) is 11.8 Å². The highest BCUT2D eigenvalue weighted by Gasteiger charge is 2.34. The van der Waals surface area contributed by atoms with Crippen molar-refractivity contribution < 1.29 is 24.5 Å². The number of nitrogens with zero attached hydrogens (tertiary/aromatic N) is 1. The number of hydrogen-bond donors (Lipinski definition) is 4. The van der Waals surface area contributed by atoms with Crippen molar-refractivity contribution in [1.82, 2.24) is 10.4 Å². The summed E-state index contributed by atoms with van der Waals surface area (Å²) in [5.74, 6) is -1.03. The van der Waals surface area contributed by atoms with Crippen LogP contribution in [0.4, 0.5) is 5.69 Å². The Kier molecular flexibility index (Phi) is 7.15. The minimum absolute atomic E-state index is 0.0529. The molecular formula is C19H14BrN3O5S3. The second-order valence-electron chi connectivity index (χ2n) is 6.00. The fourth-order valence-corrected chi connectivity index (χ4v) is 4.22. The molecule has 31 heavy (non-hydrogen) atoms. The first-order chi connectivity index (χ1) is 14.7. The molecule has 1 fully saturated rings. The van der Waals surface area contributed by atoms with Gasteiger partial charge >= 0.3 is 0 Å². The van der Waals surface area contributed by atoms with Crippen LogP contribution < -0.4 is 15.5 Å². The maximum Gasteiger partial charge on any atom is 0.285 e. The van der Waals surface area contributed by atoms with Crippen LogP contribution in [0, 0.1) is 0 Å². The predicted molar refractivity (Wildman–Crippen MR) is 130 cm³/mol. The van der Waals surface area contributed by atoms with E-state index in [4.69, 9.17) is 29.2 Å². The van der Waals surface area contributed by atoms with E-state index in [0.29, 0.717) is 15.7 Å². The van der Waals surface area contributed by atoms with E-state index < -0.39 is 11.8 Å². The number of carbonyl (C=O) groups excluding carboxylic acids is 2. The molecule has 4 N–H and O–H groups in total. The number of halogens is 1. The minimum Gasteiger partial charge on any atom is -0.508 e. The highest BCUT2D eigenvalue weighted by Crippen LogP contribution is 2.38. The molecule has 8 nitrogen and oxygen atoms in total. The maximum atomic E-state index is 12.8. The van der Waals surface area contributed by atoms with Crippen LogP contribution in [0.15, 0.2) is 45.8 Å². The second-order valence-corrected chi connectivity index (χ2v) is 9.00. The highest BCUT2D eigenvalue weighted by atomic mass is 79.9. The zero-order valence-corrected chi connectivity index (χ0v) is 19.7. The number of hydrazine groups is 1. The van der Waals surface area contributed by atoms with Gasteiger partial charge in [-0.2, -0.15) is 5.01 Å². The summed E-state index contributed by atoms with van der Waals surface area (Å²) < 4.78 is 5.89. The number of thiocarbonyl (C=S) groups is 2. The summed E-state index contributed by atoms with van der Waals surface area (Å²) in [6.45, 7) is 0. The largest absolute Gasteiger partial charge is 0.508 e. The summed E-state index contributed by atoms with van der Waals surface area (Å²) in [5, 5.41) is 23.1. The molecule has 0 unspecified atom stereocenters. The number of ether oxygens (including phenoxy) is 1. The lowest BCUT2D eigenvalue weighted by atomic mass is 10.1. The number of phenolic OH excluding ortho intramolecular Hbond substituents is 2. The number of benzene rings is 2. The van der Waals surface area contributed by atoms with Crippen LogP contribution in [0.5, 0.6) is 17.2 Å². The van der Waals surface area contributed by atoms with Crippen LogP contribution in [0.3, 0.4) is 0 Å². The van der Waals surface area contributed by atoms with Crippen molar-refractivity contribution in [3.8, 4) is 17.2 Å². The molecule has 1 heterocycles. The molecule has 0 spiro atoms. The number of nitrogens with one attached hydrogen (secondary N) is 2. The van der Waals surface area contributed by atoms with E-state index in [-0.39, 0.29) is 31.5 Å². The summed E-state index contributed by atoms with van der Waals surface area (Å²) in [4.78, 5) is 25.0. The van der Waals surface area contributed by atoms with E-state index in [1.165, 1.54) is 37.5 Å². The van der Waals surface area contributed by atoms with Crippen LogP contribution in [-0.4, -0.2) is 43.5 Å². The average molecular weight is 540 g/mol. The molecule has 2 aromatic rings. The maximum absolute atomic E-state index is 12.8. The molecule has 0 atom stereocenters. The van der Waals surface area contributed by atoms with Gasteiger partial charge < -0.3 is 20.3 Å². The van der Waals surface area contributed by atoms with Gasteiger partial charge in [0.05, 0.1) is 12.0 Å². The van der Waals surface area contributed by atoms with Crippen molar-refractivity contribution in [1.29, 1.82) is 0 Å². The summed E-state index contributed by atoms with van der Waals surface area (Å²) in [6, 6.07) is 9.02. The molecule has 1 aliphatic rings. The number of methoxy groups -OCH3 is 1. The Bertz CT molecular complexity index is 1120. The quantitative estimate of drug-likeness (QED) is 0.263. The molecular weight excluding hydrogens is 526 g/mol. The molecule has 0 radical (unpaired) electrons. The van der Waals surface area contributed by atoms with Crippen molar-refractivity contribution in [2.45, 2.75) is 0 Å². The number of thioether (sulfide) groups is 1. The van der Waals surface area contributed by atoms with E-state index in [1.807, 2.05) is 0 Å². The van der Waals surface area contributed by atoms with Gasteiger partial charge in [-0.05, 0) is 54.7 Å². The van der Waals surface area contributed by atoms with Gasteiger partial charge in [-0.15, -0.1) is 0 Å². The molecule has 0 aliphatic carbocycles. The van der Waals surface area contributed by atoms with E-state index in [1.54, 1.807) is 12.1 Å². The zero-order valence-electron chi connectivity index (χ0n) is 15.7. The Morgan fingerprint density at radius 3 is 2.58 bits per heavy atom. The van der Waals surface area contributed by atoms with Crippen molar-refractivity contribution in [2.24, 2.45) is 0 Å². The van der Waals surface area contributed by atoms with Gasteiger partial charge in [0.15, 0.2) is 20.8 Å². The number of phenols is 2. The van der Waals surface area contributed by atoms with Crippen molar-refractivity contribution >= 4 is 85.0 Å². The first-order valence-corrected chi connectivity index (χ1v) is 10.9. The van der Waals surface area contributed by atoms with E-state index in [9.17, 15) is 19.8 Å². The fourth-order valence-electron chi connectivity index (χ4n) is 2.45. The smallest absolute Gasteiger partial charge is 0.285 e. The van der Waals surface area contributed by atoms with E-state index in [2.05, 4.69) is 26.7 Å². The lowest BCUT2D eigenvalue weighted by Gasteiger charge is -2.17. The number of amides is 2. The topological polar surface area (TPSA) is 111 Å². The SMILES string of the molecule is COc1cc(Br)cc(/C=C2/SC(=S)N(NC(=S)C(=O)Nc3ccc(O)cc3)C2=O)c1O. The third-order valence-electron chi connectivity index (χ3n) is 3.91. The normalized spacial score (nSPS) is 14.6. The van der Waals surface area contributed by atoms with Crippen molar-refractivity contribution in [3.05, 3.63) is 51.3 Å². The number of rotatable bonds is 4. The minimum atomic E-state index is -0.659. The Hall–Kier alpha value is -2.67. The summed E-state index contributed by atoms with van der Waals surface area (Å²) in [7, 11) is 1.42. The molecule has 3 rings (SSSR count). The first kappa shape index (κ1) is 23.0. The molecule has 2 amide bonds. The predicted octanol–water partition coefficient (Wildman–Crippen LogP) is 3.54. The van der Waals surface area contributed by atoms with E-state index >= 15 is 0 Å². The van der Waals surface area contributed by atoms with Gasteiger partial charge in [-0.25, -0.2) is 0 Å². The Balaban J connectivity index is 1.74. The standard InChI is InChI=1S/C19H14BrN3O5S3/c1-28-13-8-10(20)6-9(15(13)25)7-14-18(27)23(19(30)31-14)22-17(29)16(26)21-11-2-4-12(24)5-3-11/h2-8,24-25H,1H3,(H,21,26)(H,22,29)/b14-7+. The molecule has 12 heteroatoms. The molecule has 2 aromatic carbocycles. The van der Waals surface area contributed by atoms with Crippen molar-refractivity contribution in [2.75, 3.05) is 12.4 Å². The number of hydrogen-bond acceptors (Lipinski definition) is 8. The molecule has 1 saturated heterocycles. The molecule has 1 aliphatic heterocycles. The molecule has 160 valence electrons. The monoisotopic (exact) mass is 539 g/mol. The van der Waals surface area contributed by atoms with Gasteiger partial charge in [-0.1, -0.05) is 39.9 Å². The lowest BCUT2D eigenvalue weighted by Crippen LogP contribution is -2.48.